The van der Waals surface area contributed by atoms with Crippen LogP contribution < -0.4 is 0 Å². The van der Waals surface area contributed by atoms with Crippen LogP contribution in [-0.4, -0.2) is 34.3 Å². The number of carbonyl (C=O) groups is 1. The number of carboxylic acid groups (broad SMARTS) is 1. The number of nitrogens with zero attached hydrogens (tertiary/aromatic N) is 2. The summed E-state index contributed by atoms with van der Waals surface area (Å²) in [6.45, 7) is 3.18. The average molecular weight is 240 g/mol. The number of imidazole rings is 1. The topological polar surface area (TPSA) is 64.4 Å². The van der Waals surface area contributed by atoms with E-state index in [2.05, 4.69) is 4.98 Å². The summed E-state index contributed by atoms with van der Waals surface area (Å²) in [7, 11) is 1.64. The van der Waals surface area contributed by atoms with Gasteiger partial charge >= 0.3 is 5.97 Å². The molecule has 86 valence electrons. The van der Waals surface area contributed by atoms with E-state index in [1.807, 2.05) is 11.5 Å². The van der Waals surface area contributed by atoms with Crippen LogP contribution in [0, 0.1) is 6.92 Å². The van der Waals surface area contributed by atoms with Crippen molar-refractivity contribution in [2.75, 3.05) is 13.7 Å². The van der Waals surface area contributed by atoms with E-state index in [4.69, 9.17) is 9.84 Å². The summed E-state index contributed by atoms with van der Waals surface area (Å²) in [4.78, 5) is 16.3. The van der Waals surface area contributed by atoms with Gasteiger partial charge in [-0.3, -0.25) is 0 Å². The molecule has 0 saturated carbocycles. The number of rotatable bonds is 4. The normalized spacial score (nSPS) is 11.1. The number of methoxy groups -OCH3 is 1. The molecule has 0 amide bonds. The number of aromatic nitrogens is 2. The Balaban J connectivity index is 2.45. The molecule has 0 aromatic carbocycles. The van der Waals surface area contributed by atoms with Gasteiger partial charge in [-0.15, -0.1) is 11.3 Å². The predicted molar refractivity (Wildman–Crippen MR) is 61.2 cm³/mol. The predicted octanol–water partition coefficient (Wildman–Crippen LogP) is 1.75. The van der Waals surface area contributed by atoms with E-state index in [0.29, 0.717) is 18.0 Å². The van der Waals surface area contributed by atoms with Crippen molar-refractivity contribution in [3.8, 4) is 0 Å². The van der Waals surface area contributed by atoms with Crippen LogP contribution in [-0.2, 0) is 11.3 Å². The zero-order chi connectivity index (χ0) is 11.7. The first-order valence-electron chi connectivity index (χ1n) is 4.82. The molecule has 0 atom stereocenters. The molecule has 0 aliphatic rings. The van der Waals surface area contributed by atoms with E-state index in [-0.39, 0.29) is 0 Å². The summed E-state index contributed by atoms with van der Waals surface area (Å²) in [6, 6.07) is 1.66. The molecule has 16 heavy (non-hydrogen) atoms. The van der Waals surface area contributed by atoms with Crippen LogP contribution in [0.2, 0.25) is 0 Å². The largest absolute Gasteiger partial charge is 0.477 e. The van der Waals surface area contributed by atoms with Gasteiger partial charge in [0, 0.05) is 13.7 Å². The number of hydrogen-bond donors (Lipinski definition) is 1. The van der Waals surface area contributed by atoms with Gasteiger partial charge in [-0.25, -0.2) is 9.78 Å². The quantitative estimate of drug-likeness (QED) is 0.884. The van der Waals surface area contributed by atoms with Gasteiger partial charge in [0.05, 0.1) is 12.1 Å². The Labute approximate surface area is 96.3 Å². The lowest BCUT2D eigenvalue weighted by Crippen LogP contribution is -2.05. The molecule has 2 aromatic heterocycles. The monoisotopic (exact) mass is 240 g/mol. The highest BCUT2D eigenvalue weighted by molar-refractivity contribution is 7.20. The summed E-state index contributed by atoms with van der Waals surface area (Å²) in [5.41, 5.74) is 0.872. The van der Waals surface area contributed by atoms with E-state index in [0.717, 1.165) is 16.2 Å². The van der Waals surface area contributed by atoms with Crippen molar-refractivity contribution < 1.29 is 14.6 Å². The molecular weight excluding hydrogens is 228 g/mol. The molecule has 5 nitrogen and oxygen atoms in total. The highest BCUT2D eigenvalue weighted by atomic mass is 32.1. The molecule has 0 radical (unpaired) electrons. The summed E-state index contributed by atoms with van der Waals surface area (Å²) in [5.74, 6) is -0.0193. The Morgan fingerprint density at radius 2 is 2.44 bits per heavy atom. The first kappa shape index (κ1) is 11.1. The van der Waals surface area contributed by atoms with Crippen molar-refractivity contribution in [2.24, 2.45) is 0 Å². The SMILES string of the molecule is COCCn1c(C)nc2sc(C(=O)O)cc21. The molecular formula is C10H12N2O3S. The lowest BCUT2D eigenvalue weighted by molar-refractivity contribution is 0.0702. The van der Waals surface area contributed by atoms with Gasteiger partial charge in [0.25, 0.3) is 0 Å². The van der Waals surface area contributed by atoms with Gasteiger partial charge in [0.15, 0.2) is 0 Å². The Bertz CT molecular complexity index is 529. The molecule has 2 aromatic rings. The third-order valence-corrected chi connectivity index (χ3v) is 3.37. The van der Waals surface area contributed by atoms with E-state index in [1.54, 1.807) is 13.2 Å². The maximum absolute atomic E-state index is 10.8. The van der Waals surface area contributed by atoms with Crippen molar-refractivity contribution in [2.45, 2.75) is 13.5 Å². The lowest BCUT2D eigenvalue weighted by Gasteiger charge is -2.04. The van der Waals surface area contributed by atoms with Gasteiger partial charge in [-0.2, -0.15) is 0 Å². The van der Waals surface area contributed by atoms with Crippen molar-refractivity contribution >= 4 is 27.7 Å². The molecule has 1 N–H and O–H groups in total. The van der Waals surface area contributed by atoms with Crippen LogP contribution in [0.25, 0.3) is 10.3 Å². The fourth-order valence-electron chi connectivity index (χ4n) is 1.60. The molecule has 2 heterocycles. The van der Waals surface area contributed by atoms with Crippen molar-refractivity contribution in [3.63, 3.8) is 0 Å². The smallest absolute Gasteiger partial charge is 0.346 e. The fraction of sp³-hybridized carbons (Fsp3) is 0.400. The second-order valence-corrected chi connectivity index (χ2v) is 4.44. The molecule has 0 spiro atoms. The fourth-order valence-corrected chi connectivity index (χ4v) is 2.51. The Hall–Kier alpha value is -1.40. The highest BCUT2D eigenvalue weighted by Gasteiger charge is 2.14. The van der Waals surface area contributed by atoms with Gasteiger partial charge in [-0.1, -0.05) is 0 Å². The number of aromatic carboxylic acids is 1. The molecule has 2 rings (SSSR count). The molecule has 0 aliphatic carbocycles. The number of carboxylic acids is 1. The summed E-state index contributed by atoms with van der Waals surface area (Å²) in [5, 5.41) is 8.89. The molecule has 0 unspecified atom stereocenters. The van der Waals surface area contributed by atoms with Crippen LogP contribution in [0.5, 0.6) is 0 Å². The number of aryl methyl sites for hydroxylation is 1. The second kappa shape index (κ2) is 4.23. The van der Waals surface area contributed by atoms with E-state index < -0.39 is 5.97 Å². The van der Waals surface area contributed by atoms with Crippen LogP contribution in [0.1, 0.15) is 15.5 Å². The summed E-state index contributed by atoms with van der Waals surface area (Å²) >= 11 is 1.20. The van der Waals surface area contributed by atoms with Crippen molar-refractivity contribution in [3.05, 3.63) is 16.8 Å². The standard InChI is InChI=1S/C10H12N2O3S/c1-6-11-9-7(12(6)3-4-15-2)5-8(16-9)10(13)14/h5H,3-4H2,1-2H3,(H,13,14). The minimum Gasteiger partial charge on any atom is -0.477 e. The van der Waals surface area contributed by atoms with E-state index in [1.165, 1.54) is 11.3 Å². The van der Waals surface area contributed by atoms with Crippen molar-refractivity contribution in [1.29, 1.82) is 0 Å². The maximum atomic E-state index is 10.8. The Morgan fingerprint density at radius 1 is 1.69 bits per heavy atom. The van der Waals surface area contributed by atoms with Crippen LogP contribution >= 0.6 is 11.3 Å². The summed E-state index contributed by atoms with van der Waals surface area (Å²) < 4.78 is 6.99. The molecule has 6 heteroatoms. The molecule has 0 saturated heterocycles. The van der Waals surface area contributed by atoms with Gasteiger partial charge in [-0.05, 0) is 13.0 Å². The third kappa shape index (κ3) is 1.81. The van der Waals surface area contributed by atoms with Crippen LogP contribution in [0.4, 0.5) is 0 Å². The van der Waals surface area contributed by atoms with Gasteiger partial charge in [0.1, 0.15) is 15.5 Å². The van der Waals surface area contributed by atoms with E-state index in [9.17, 15) is 4.79 Å². The van der Waals surface area contributed by atoms with Gasteiger partial charge in [0.2, 0.25) is 0 Å². The second-order valence-electron chi connectivity index (χ2n) is 3.41. The number of ether oxygens (including phenoxy) is 1. The van der Waals surface area contributed by atoms with E-state index >= 15 is 0 Å². The number of fused-ring (bicyclic) bond motifs is 1. The zero-order valence-corrected chi connectivity index (χ0v) is 9.87. The Kier molecular flexibility index (Phi) is 2.93. The van der Waals surface area contributed by atoms with Crippen molar-refractivity contribution in [1.82, 2.24) is 9.55 Å². The first-order valence-corrected chi connectivity index (χ1v) is 5.64. The lowest BCUT2D eigenvalue weighted by atomic mass is 10.4. The molecule has 0 fully saturated rings. The molecule has 0 bridgehead atoms. The minimum atomic E-state index is -0.904. The number of hydrogen-bond acceptors (Lipinski definition) is 4. The average Bonchev–Trinajstić information content (AvgIpc) is 2.73. The zero-order valence-electron chi connectivity index (χ0n) is 9.06. The highest BCUT2D eigenvalue weighted by Crippen LogP contribution is 2.26. The molecule has 0 aliphatic heterocycles. The Morgan fingerprint density at radius 3 is 3.06 bits per heavy atom. The van der Waals surface area contributed by atoms with Crippen LogP contribution in [0.15, 0.2) is 6.07 Å². The minimum absolute atomic E-state index is 0.323. The third-order valence-electron chi connectivity index (χ3n) is 2.37. The maximum Gasteiger partial charge on any atom is 0.346 e. The first-order chi connectivity index (χ1) is 7.63. The number of thiophene rings is 1. The van der Waals surface area contributed by atoms with Crippen LogP contribution in [0.3, 0.4) is 0 Å². The summed E-state index contributed by atoms with van der Waals surface area (Å²) in [6.07, 6.45) is 0. The van der Waals surface area contributed by atoms with Gasteiger partial charge < -0.3 is 14.4 Å².